The number of halogens is 1. The van der Waals surface area contributed by atoms with Crippen LogP contribution in [0.2, 0.25) is 5.02 Å². The first-order valence-corrected chi connectivity index (χ1v) is 7.43. The lowest BCUT2D eigenvalue weighted by Crippen LogP contribution is -2.28. The minimum absolute atomic E-state index is 0.0487. The Bertz CT molecular complexity index is 702. The smallest absolute Gasteiger partial charge is 0.231 e. The van der Waals surface area contributed by atoms with Crippen LogP contribution in [0.1, 0.15) is 24.1 Å². The van der Waals surface area contributed by atoms with Crippen molar-refractivity contribution >= 4 is 17.5 Å². The molecule has 4 nitrogen and oxygen atoms in total. The number of benzene rings is 2. The summed E-state index contributed by atoms with van der Waals surface area (Å²) in [6, 6.07) is 12.9. The summed E-state index contributed by atoms with van der Waals surface area (Å²) in [7, 11) is 0. The van der Waals surface area contributed by atoms with E-state index < -0.39 is 0 Å². The molecular weight excluding hydrogens is 302 g/mol. The van der Waals surface area contributed by atoms with E-state index in [1.165, 1.54) is 0 Å². The number of carbonyl (C=O) groups excluding carboxylic acids is 1. The van der Waals surface area contributed by atoms with E-state index in [1.54, 1.807) is 12.1 Å². The molecule has 22 heavy (non-hydrogen) atoms. The summed E-state index contributed by atoms with van der Waals surface area (Å²) in [6.45, 7) is 2.18. The Labute approximate surface area is 134 Å². The van der Waals surface area contributed by atoms with Crippen LogP contribution in [0.5, 0.6) is 11.5 Å². The van der Waals surface area contributed by atoms with Gasteiger partial charge in [-0.25, -0.2) is 0 Å². The third-order valence-electron chi connectivity index (χ3n) is 3.53. The van der Waals surface area contributed by atoms with Gasteiger partial charge in [0.15, 0.2) is 11.5 Å². The number of rotatable bonds is 4. The molecule has 2 aromatic rings. The molecule has 1 unspecified atom stereocenters. The second-order valence-electron chi connectivity index (χ2n) is 5.21. The third-order valence-corrected chi connectivity index (χ3v) is 3.76. The van der Waals surface area contributed by atoms with E-state index in [9.17, 15) is 4.79 Å². The van der Waals surface area contributed by atoms with Crippen molar-refractivity contribution in [3.63, 3.8) is 0 Å². The fourth-order valence-electron chi connectivity index (χ4n) is 2.39. The Hall–Kier alpha value is -2.20. The van der Waals surface area contributed by atoms with Gasteiger partial charge in [-0.3, -0.25) is 4.79 Å². The maximum absolute atomic E-state index is 12.1. The molecule has 1 N–H and O–H groups in total. The number of fused-ring (bicyclic) bond motifs is 1. The quantitative estimate of drug-likeness (QED) is 0.939. The second-order valence-corrected chi connectivity index (χ2v) is 5.65. The number of ether oxygens (including phenoxy) is 2. The van der Waals surface area contributed by atoms with E-state index in [1.807, 2.05) is 37.3 Å². The molecule has 0 radical (unpaired) electrons. The van der Waals surface area contributed by atoms with Crippen molar-refractivity contribution in [1.29, 1.82) is 0 Å². The van der Waals surface area contributed by atoms with E-state index in [2.05, 4.69) is 5.32 Å². The summed E-state index contributed by atoms with van der Waals surface area (Å²) in [5, 5.41) is 3.61. The summed E-state index contributed by atoms with van der Waals surface area (Å²) < 4.78 is 10.6. The fourth-order valence-corrected chi connectivity index (χ4v) is 2.60. The van der Waals surface area contributed by atoms with Crippen molar-refractivity contribution in [2.45, 2.75) is 19.4 Å². The van der Waals surface area contributed by atoms with Gasteiger partial charge in [-0.1, -0.05) is 29.8 Å². The van der Waals surface area contributed by atoms with E-state index in [0.29, 0.717) is 17.2 Å². The summed E-state index contributed by atoms with van der Waals surface area (Å²) in [5.41, 5.74) is 1.87. The first-order valence-electron chi connectivity index (χ1n) is 7.05. The third kappa shape index (κ3) is 3.34. The van der Waals surface area contributed by atoms with E-state index in [0.717, 1.165) is 16.9 Å². The second kappa shape index (κ2) is 6.28. The monoisotopic (exact) mass is 317 g/mol. The molecular formula is C17H16ClNO3. The molecule has 0 fully saturated rings. The number of nitrogens with one attached hydrogen (secondary N) is 1. The van der Waals surface area contributed by atoms with Crippen LogP contribution in [0.25, 0.3) is 0 Å². The zero-order chi connectivity index (χ0) is 15.5. The zero-order valence-electron chi connectivity index (χ0n) is 12.1. The van der Waals surface area contributed by atoms with Crippen LogP contribution >= 0.6 is 11.6 Å². The molecule has 0 saturated carbocycles. The molecule has 1 atom stereocenters. The molecule has 0 spiro atoms. The van der Waals surface area contributed by atoms with Gasteiger partial charge in [-0.05, 0) is 42.3 Å². The van der Waals surface area contributed by atoms with Gasteiger partial charge in [0.1, 0.15) is 0 Å². The molecule has 1 amide bonds. The lowest BCUT2D eigenvalue weighted by atomic mass is 10.1. The van der Waals surface area contributed by atoms with Crippen LogP contribution in [-0.2, 0) is 11.2 Å². The van der Waals surface area contributed by atoms with Crippen LogP contribution in [0, 0.1) is 0 Å². The number of hydrogen-bond donors (Lipinski definition) is 1. The van der Waals surface area contributed by atoms with Gasteiger partial charge in [0, 0.05) is 5.02 Å². The average Bonchev–Trinajstić information content (AvgIpc) is 2.94. The van der Waals surface area contributed by atoms with Crippen LogP contribution in [0.15, 0.2) is 42.5 Å². The van der Waals surface area contributed by atoms with Gasteiger partial charge in [0.2, 0.25) is 12.7 Å². The Morgan fingerprint density at radius 2 is 2.05 bits per heavy atom. The Morgan fingerprint density at radius 1 is 1.23 bits per heavy atom. The highest BCUT2D eigenvalue weighted by Crippen LogP contribution is 2.34. The van der Waals surface area contributed by atoms with Crippen molar-refractivity contribution < 1.29 is 14.3 Å². The zero-order valence-corrected chi connectivity index (χ0v) is 12.9. The fraction of sp³-hybridized carbons (Fsp3) is 0.235. The first kappa shape index (κ1) is 14.7. The van der Waals surface area contributed by atoms with Crippen molar-refractivity contribution in [2.24, 2.45) is 0 Å². The minimum Gasteiger partial charge on any atom is -0.454 e. The molecule has 0 aromatic heterocycles. The van der Waals surface area contributed by atoms with Crippen molar-refractivity contribution in [3.8, 4) is 11.5 Å². The molecule has 0 saturated heterocycles. The molecule has 2 aromatic carbocycles. The summed E-state index contributed by atoms with van der Waals surface area (Å²) >= 11 is 5.93. The first-order chi connectivity index (χ1) is 10.6. The number of carbonyl (C=O) groups is 1. The van der Waals surface area contributed by atoms with Gasteiger partial charge >= 0.3 is 0 Å². The number of hydrogen-bond acceptors (Lipinski definition) is 3. The highest BCUT2D eigenvalue weighted by atomic mass is 35.5. The maximum atomic E-state index is 12.1. The lowest BCUT2D eigenvalue weighted by molar-refractivity contribution is -0.121. The number of amides is 1. The van der Waals surface area contributed by atoms with E-state index >= 15 is 0 Å². The minimum atomic E-state index is -0.110. The van der Waals surface area contributed by atoms with Gasteiger partial charge in [0.05, 0.1) is 12.5 Å². The lowest BCUT2D eigenvalue weighted by Gasteiger charge is -2.15. The van der Waals surface area contributed by atoms with Crippen LogP contribution < -0.4 is 14.8 Å². The van der Waals surface area contributed by atoms with Gasteiger partial charge in [-0.2, -0.15) is 0 Å². The predicted molar refractivity (Wildman–Crippen MR) is 84.3 cm³/mol. The Kier molecular flexibility index (Phi) is 4.20. The molecule has 114 valence electrons. The SMILES string of the molecule is CC(NC(=O)Cc1cccc(Cl)c1)c1ccc2c(c1)OCO2. The average molecular weight is 318 g/mol. The van der Waals surface area contributed by atoms with Crippen LogP contribution in [0.3, 0.4) is 0 Å². The summed E-state index contributed by atoms with van der Waals surface area (Å²) in [4.78, 5) is 12.1. The van der Waals surface area contributed by atoms with Gasteiger partial charge in [0.25, 0.3) is 0 Å². The molecule has 1 heterocycles. The molecule has 1 aliphatic heterocycles. The largest absolute Gasteiger partial charge is 0.454 e. The Morgan fingerprint density at radius 3 is 2.86 bits per heavy atom. The van der Waals surface area contributed by atoms with Crippen molar-refractivity contribution in [2.75, 3.05) is 6.79 Å². The Balaban J connectivity index is 1.63. The van der Waals surface area contributed by atoms with Crippen LogP contribution in [0.4, 0.5) is 0 Å². The van der Waals surface area contributed by atoms with Gasteiger partial charge < -0.3 is 14.8 Å². The molecule has 5 heteroatoms. The van der Waals surface area contributed by atoms with E-state index in [4.69, 9.17) is 21.1 Å². The van der Waals surface area contributed by atoms with E-state index in [-0.39, 0.29) is 18.7 Å². The normalized spacial score (nSPS) is 13.7. The van der Waals surface area contributed by atoms with Crippen molar-refractivity contribution in [1.82, 2.24) is 5.32 Å². The van der Waals surface area contributed by atoms with Gasteiger partial charge in [-0.15, -0.1) is 0 Å². The highest BCUT2D eigenvalue weighted by molar-refractivity contribution is 6.30. The standard InChI is InChI=1S/C17H16ClNO3/c1-11(13-5-6-15-16(9-13)22-10-21-15)19-17(20)8-12-3-2-4-14(18)7-12/h2-7,9,11H,8,10H2,1H3,(H,19,20). The molecule has 1 aliphatic rings. The highest BCUT2D eigenvalue weighted by Gasteiger charge is 2.16. The summed E-state index contributed by atoms with van der Waals surface area (Å²) in [5.74, 6) is 1.40. The molecule has 3 rings (SSSR count). The van der Waals surface area contributed by atoms with Crippen molar-refractivity contribution in [3.05, 3.63) is 58.6 Å². The molecule has 0 aliphatic carbocycles. The maximum Gasteiger partial charge on any atom is 0.231 e. The molecule has 0 bridgehead atoms. The topological polar surface area (TPSA) is 47.6 Å². The van der Waals surface area contributed by atoms with Crippen LogP contribution in [-0.4, -0.2) is 12.7 Å². The summed E-state index contributed by atoms with van der Waals surface area (Å²) in [6.07, 6.45) is 0.301. The predicted octanol–water partition coefficient (Wildman–Crippen LogP) is 3.49.